The largest absolute Gasteiger partial charge is 0.457 e. The van der Waals surface area contributed by atoms with Gasteiger partial charge in [0.05, 0.1) is 16.3 Å². The van der Waals surface area contributed by atoms with E-state index in [0.29, 0.717) is 27.4 Å². The maximum Gasteiger partial charge on any atom is 0.338 e. The van der Waals surface area contributed by atoms with Gasteiger partial charge in [-0.1, -0.05) is 11.6 Å². The lowest BCUT2D eigenvalue weighted by Gasteiger charge is -2.09. The molecule has 132 valence electrons. The van der Waals surface area contributed by atoms with Gasteiger partial charge < -0.3 is 14.9 Å². The van der Waals surface area contributed by atoms with E-state index in [0.717, 1.165) is 24.6 Å². The van der Waals surface area contributed by atoms with Crippen LogP contribution in [-0.4, -0.2) is 5.97 Å². The van der Waals surface area contributed by atoms with Gasteiger partial charge in [0.1, 0.15) is 12.2 Å². The molecule has 2 aromatic carbocycles. The number of aryl methyl sites for hydroxylation is 2. The number of fused-ring (bicyclic) bond motifs is 2. The SMILES string of the molecule is Nc1cc(C(=O)OCc2cc(=O)oc3cc4c(cc23)CCC4)ccc1Cl. The molecule has 1 aliphatic rings. The minimum atomic E-state index is -0.532. The van der Waals surface area contributed by atoms with Crippen molar-refractivity contribution in [3.05, 3.63) is 74.1 Å². The summed E-state index contributed by atoms with van der Waals surface area (Å²) in [7, 11) is 0. The summed E-state index contributed by atoms with van der Waals surface area (Å²) in [6.07, 6.45) is 3.10. The number of ether oxygens (including phenoxy) is 1. The fourth-order valence-electron chi connectivity index (χ4n) is 3.31. The third-order valence-corrected chi connectivity index (χ3v) is 4.98. The van der Waals surface area contributed by atoms with Crippen molar-refractivity contribution >= 4 is 34.2 Å². The van der Waals surface area contributed by atoms with Gasteiger partial charge in [0.15, 0.2) is 0 Å². The second-order valence-corrected chi connectivity index (χ2v) is 6.78. The van der Waals surface area contributed by atoms with Gasteiger partial charge in [-0.2, -0.15) is 0 Å². The maximum atomic E-state index is 12.3. The Kier molecular flexibility index (Phi) is 4.17. The van der Waals surface area contributed by atoms with Crippen LogP contribution < -0.4 is 11.4 Å². The van der Waals surface area contributed by atoms with Crippen LogP contribution in [0.5, 0.6) is 0 Å². The molecule has 0 radical (unpaired) electrons. The van der Waals surface area contributed by atoms with Gasteiger partial charge >= 0.3 is 11.6 Å². The zero-order valence-corrected chi connectivity index (χ0v) is 14.6. The van der Waals surface area contributed by atoms with Gasteiger partial charge in [-0.3, -0.25) is 0 Å². The molecule has 0 amide bonds. The Morgan fingerprint density at radius 1 is 1.15 bits per heavy atom. The molecule has 0 atom stereocenters. The van der Waals surface area contributed by atoms with E-state index in [1.54, 1.807) is 12.1 Å². The Morgan fingerprint density at radius 3 is 2.69 bits per heavy atom. The van der Waals surface area contributed by atoms with E-state index >= 15 is 0 Å². The number of rotatable bonds is 3. The van der Waals surface area contributed by atoms with Crippen molar-refractivity contribution in [2.45, 2.75) is 25.9 Å². The van der Waals surface area contributed by atoms with Crippen molar-refractivity contribution in [3.8, 4) is 0 Å². The summed E-state index contributed by atoms with van der Waals surface area (Å²) in [5.74, 6) is -0.532. The molecule has 0 aliphatic heterocycles. The molecule has 5 nitrogen and oxygen atoms in total. The second kappa shape index (κ2) is 6.50. The second-order valence-electron chi connectivity index (χ2n) is 6.37. The normalized spacial score (nSPS) is 13.0. The number of hydrogen-bond acceptors (Lipinski definition) is 5. The van der Waals surface area contributed by atoms with Crippen LogP contribution in [0.4, 0.5) is 5.69 Å². The summed E-state index contributed by atoms with van der Waals surface area (Å²) in [6, 6.07) is 9.88. The average molecular weight is 370 g/mol. The van der Waals surface area contributed by atoms with E-state index in [2.05, 4.69) is 0 Å². The summed E-state index contributed by atoms with van der Waals surface area (Å²) in [6.45, 7) is -0.0255. The first-order valence-electron chi connectivity index (χ1n) is 8.32. The first kappa shape index (κ1) is 16.7. The number of anilines is 1. The van der Waals surface area contributed by atoms with Crippen LogP contribution in [0.1, 0.15) is 33.5 Å². The van der Waals surface area contributed by atoms with Crippen LogP contribution in [0.2, 0.25) is 5.02 Å². The molecule has 0 saturated heterocycles. The number of benzene rings is 2. The number of carbonyl (C=O) groups excluding carboxylic acids is 1. The Balaban J connectivity index is 1.63. The van der Waals surface area contributed by atoms with Crippen LogP contribution in [0.15, 0.2) is 45.6 Å². The molecular formula is C20H16ClNO4. The predicted molar refractivity (Wildman–Crippen MR) is 99.5 cm³/mol. The summed E-state index contributed by atoms with van der Waals surface area (Å²) in [5, 5.41) is 1.18. The minimum Gasteiger partial charge on any atom is -0.457 e. The number of carbonyl (C=O) groups is 1. The van der Waals surface area contributed by atoms with Crippen LogP contribution >= 0.6 is 11.6 Å². The van der Waals surface area contributed by atoms with E-state index in [9.17, 15) is 9.59 Å². The molecule has 1 heterocycles. The van der Waals surface area contributed by atoms with Crippen LogP contribution in [0.3, 0.4) is 0 Å². The lowest BCUT2D eigenvalue weighted by molar-refractivity contribution is 0.0474. The van der Waals surface area contributed by atoms with E-state index in [1.807, 2.05) is 12.1 Å². The number of nitrogens with two attached hydrogens (primary N) is 1. The maximum absolute atomic E-state index is 12.3. The van der Waals surface area contributed by atoms with E-state index in [4.69, 9.17) is 26.5 Å². The highest BCUT2D eigenvalue weighted by Crippen LogP contribution is 2.29. The highest BCUT2D eigenvalue weighted by atomic mass is 35.5. The summed E-state index contributed by atoms with van der Waals surface area (Å²) in [5.41, 5.74) is 9.49. The molecule has 0 fully saturated rings. The summed E-state index contributed by atoms with van der Waals surface area (Å²) >= 11 is 5.87. The molecule has 0 spiro atoms. The van der Waals surface area contributed by atoms with E-state index < -0.39 is 11.6 Å². The smallest absolute Gasteiger partial charge is 0.338 e. The molecule has 3 aromatic rings. The van der Waals surface area contributed by atoms with Crippen LogP contribution in [0, 0.1) is 0 Å². The molecule has 26 heavy (non-hydrogen) atoms. The average Bonchev–Trinajstić information content (AvgIpc) is 3.07. The number of esters is 1. The topological polar surface area (TPSA) is 82.5 Å². The van der Waals surface area contributed by atoms with Gasteiger partial charge in [-0.15, -0.1) is 0 Å². The predicted octanol–water partition coefficient (Wildman–Crippen LogP) is 3.87. The quantitative estimate of drug-likeness (QED) is 0.430. The Labute approximate surface area is 154 Å². The number of nitrogen functional groups attached to an aromatic ring is 1. The molecular weight excluding hydrogens is 354 g/mol. The van der Waals surface area contributed by atoms with Crippen molar-refractivity contribution in [2.75, 3.05) is 5.73 Å². The minimum absolute atomic E-state index is 0.0255. The van der Waals surface area contributed by atoms with Crippen molar-refractivity contribution in [1.82, 2.24) is 0 Å². The summed E-state index contributed by atoms with van der Waals surface area (Å²) < 4.78 is 10.7. The molecule has 0 bridgehead atoms. The Bertz CT molecular complexity index is 1090. The zero-order chi connectivity index (χ0) is 18.3. The third-order valence-electron chi connectivity index (χ3n) is 4.63. The van der Waals surface area contributed by atoms with Crippen LogP contribution in [0.25, 0.3) is 11.0 Å². The monoisotopic (exact) mass is 369 g/mol. The zero-order valence-electron chi connectivity index (χ0n) is 13.9. The Morgan fingerprint density at radius 2 is 1.92 bits per heavy atom. The van der Waals surface area contributed by atoms with Crippen molar-refractivity contribution in [1.29, 1.82) is 0 Å². The third kappa shape index (κ3) is 3.06. The van der Waals surface area contributed by atoms with E-state index in [-0.39, 0.29) is 6.61 Å². The van der Waals surface area contributed by atoms with Gasteiger partial charge in [-0.25, -0.2) is 9.59 Å². The lowest BCUT2D eigenvalue weighted by atomic mass is 10.0. The van der Waals surface area contributed by atoms with Crippen molar-refractivity contribution in [2.24, 2.45) is 0 Å². The molecule has 6 heteroatoms. The fraction of sp³-hybridized carbons (Fsp3) is 0.200. The number of hydrogen-bond donors (Lipinski definition) is 1. The lowest BCUT2D eigenvalue weighted by Crippen LogP contribution is -2.08. The molecule has 2 N–H and O–H groups in total. The Hall–Kier alpha value is -2.79. The van der Waals surface area contributed by atoms with Crippen LogP contribution in [-0.2, 0) is 24.2 Å². The summed E-state index contributed by atoms with van der Waals surface area (Å²) in [4.78, 5) is 24.1. The molecule has 0 unspecified atom stereocenters. The van der Waals surface area contributed by atoms with Crippen molar-refractivity contribution in [3.63, 3.8) is 0 Å². The van der Waals surface area contributed by atoms with Crippen molar-refractivity contribution < 1.29 is 13.9 Å². The molecule has 1 aliphatic carbocycles. The van der Waals surface area contributed by atoms with Gasteiger partial charge in [0.25, 0.3) is 0 Å². The standard InChI is InChI=1S/C20H16ClNO4/c21-16-5-4-13(7-17(16)22)20(24)25-10-14-9-19(23)26-18-8-12-3-1-2-11(12)6-15(14)18/h4-9H,1-3,10,22H2. The highest BCUT2D eigenvalue weighted by molar-refractivity contribution is 6.33. The molecule has 4 rings (SSSR count). The van der Waals surface area contributed by atoms with Gasteiger partial charge in [0, 0.05) is 17.0 Å². The molecule has 0 saturated carbocycles. The first-order chi connectivity index (χ1) is 12.5. The van der Waals surface area contributed by atoms with E-state index in [1.165, 1.54) is 23.3 Å². The molecule has 1 aromatic heterocycles. The number of halogens is 1. The van der Waals surface area contributed by atoms with Gasteiger partial charge in [0.2, 0.25) is 0 Å². The fourth-order valence-corrected chi connectivity index (χ4v) is 3.43. The highest BCUT2D eigenvalue weighted by Gasteiger charge is 2.16. The first-order valence-corrected chi connectivity index (χ1v) is 8.70. The van der Waals surface area contributed by atoms with Gasteiger partial charge in [-0.05, 0) is 60.7 Å².